The van der Waals surface area contributed by atoms with E-state index < -0.39 is 17.4 Å². The van der Waals surface area contributed by atoms with Gasteiger partial charge in [0.15, 0.2) is 0 Å². The van der Waals surface area contributed by atoms with Crippen LogP contribution in [0.3, 0.4) is 0 Å². The number of hydrogen-bond acceptors (Lipinski definition) is 3. The number of aromatic nitrogens is 1. The predicted octanol–water partition coefficient (Wildman–Crippen LogP) is 1.21. The maximum absolute atomic E-state index is 11.7. The van der Waals surface area contributed by atoms with Gasteiger partial charge in [0.05, 0.1) is 0 Å². The second kappa shape index (κ2) is 6.16. The maximum atomic E-state index is 11.7. The van der Waals surface area contributed by atoms with Crippen molar-refractivity contribution in [2.24, 2.45) is 0 Å². The van der Waals surface area contributed by atoms with Crippen molar-refractivity contribution in [3.63, 3.8) is 0 Å². The lowest BCUT2D eigenvalue weighted by molar-refractivity contribution is 0.0846. The summed E-state index contributed by atoms with van der Waals surface area (Å²) in [4.78, 5) is 37.2. The molecule has 6 nitrogen and oxygen atoms in total. The number of pyridine rings is 1. The van der Waals surface area contributed by atoms with Crippen LogP contribution in [0.25, 0.3) is 0 Å². The highest BCUT2D eigenvalue weighted by molar-refractivity contribution is 9.10. The van der Waals surface area contributed by atoms with Crippen molar-refractivity contribution < 1.29 is 9.59 Å². The number of amides is 2. The van der Waals surface area contributed by atoms with Crippen LogP contribution in [0.15, 0.2) is 51.9 Å². The van der Waals surface area contributed by atoms with Crippen molar-refractivity contribution in [2.45, 2.75) is 0 Å². The van der Waals surface area contributed by atoms with Gasteiger partial charge in [-0.2, -0.15) is 0 Å². The Hall–Kier alpha value is -2.41. The average Bonchev–Trinajstić information content (AvgIpc) is 2.45. The molecule has 1 aromatic carbocycles. The topological polar surface area (TPSA) is 91.1 Å². The molecule has 0 saturated heterocycles. The summed E-state index contributed by atoms with van der Waals surface area (Å²) in [5.41, 5.74) is 4.20. The van der Waals surface area contributed by atoms with Crippen molar-refractivity contribution in [2.75, 3.05) is 0 Å². The van der Waals surface area contributed by atoms with E-state index in [1.165, 1.54) is 18.3 Å². The van der Waals surface area contributed by atoms with Gasteiger partial charge in [0.25, 0.3) is 17.4 Å². The van der Waals surface area contributed by atoms with Gasteiger partial charge in [-0.25, -0.2) is 0 Å². The molecule has 0 aliphatic carbocycles. The molecular weight excluding hydrogens is 326 g/mol. The first kappa shape index (κ1) is 14.0. The van der Waals surface area contributed by atoms with Crippen LogP contribution in [0, 0.1) is 0 Å². The summed E-state index contributed by atoms with van der Waals surface area (Å²) >= 11 is 3.26. The largest absolute Gasteiger partial charge is 0.328 e. The van der Waals surface area contributed by atoms with Crippen molar-refractivity contribution in [3.05, 3.63) is 68.5 Å². The quantitative estimate of drug-likeness (QED) is 0.720. The second-order valence-electron chi connectivity index (χ2n) is 3.83. The number of aromatic amines is 1. The summed E-state index contributed by atoms with van der Waals surface area (Å²) in [6.45, 7) is 0. The van der Waals surface area contributed by atoms with E-state index in [1.807, 2.05) is 0 Å². The normalized spacial score (nSPS) is 9.85. The van der Waals surface area contributed by atoms with Gasteiger partial charge in [-0.3, -0.25) is 25.2 Å². The smallest absolute Gasteiger partial charge is 0.275 e. The molecule has 0 saturated carbocycles. The van der Waals surface area contributed by atoms with Crippen LogP contribution in [0.2, 0.25) is 0 Å². The summed E-state index contributed by atoms with van der Waals surface area (Å²) < 4.78 is 0.842. The highest BCUT2D eigenvalue weighted by atomic mass is 79.9. The van der Waals surface area contributed by atoms with Gasteiger partial charge in [-0.1, -0.05) is 15.9 Å². The predicted molar refractivity (Wildman–Crippen MR) is 76.1 cm³/mol. The molecule has 3 N–H and O–H groups in total. The Bertz CT molecular complexity index is 695. The lowest BCUT2D eigenvalue weighted by atomic mass is 10.2. The van der Waals surface area contributed by atoms with Gasteiger partial charge in [0.2, 0.25) is 0 Å². The van der Waals surface area contributed by atoms with E-state index >= 15 is 0 Å². The molecule has 0 aliphatic heterocycles. The first-order valence-electron chi connectivity index (χ1n) is 5.62. The van der Waals surface area contributed by atoms with Gasteiger partial charge in [-0.15, -0.1) is 0 Å². The first-order valence-corrected chi connectivity index (χ1v) is 6.41. The van der Waals surface area contributed by atoms with Gasteiger partial charge in [0.1, 0.15) is 5.56 Å². The number of carbonyl (C=O) groups excluding carboxylic acids is 2. The Labute approximate surface area is 122 Å². The van der Waals surface area contributed by atoms with Crippen LogP contribution in [-0.2, 0) is 0 Å². The fraction of sp³-hybridized carbons (Fsp3) is 0. The fourth-order valence-corrected chi connectivity index (χ4v) is 1.72. The number of rotatable bonds is 2. The molecule has 7 heteroatoms. The van der Waals surface area contributed by atoms with Crippen molar-refractivity contribution in [1.82, 2.24) is 15.8 Å². The number of benzene rings is 1. The van der Waals surface area contributed by atoms with Crippen molar-refractivity contribution >= 4 is 27.7 Å². The van der Waals surface area contributed by atoms with Crippen LogP contribution < -0.4 is 16.4 Å². The summed E-state index contributed by atoms with van der Waals surface area (Å²) in [6, 6.07) is 9.49. The lowest BCUT2D eigenvalue weighted by Gasteiger charge is -2.06. The first-order chi connectivity index (χ1) is 9.58. The molecule has 1 heterocycles. The number of H-pyrrole nitrogens is 1. The van der Waals surface area contributed by atoms with Crippen LogP contribution in [0.5, 0.6) is 0 Å². The minimum atomic E-state index is -0.683. The molecule has 0 radical (unpaired) electrons. The molecule has 0 atom stereocenters. The number of nitrogens with one attached hydrogen (secondary N) is 3. The third kappa shape index (κ3) is 3.33. The molecule has 0 fully saturated rings. The zero-order chi connectivity index (χ0) is 14.5. The molecule has 0 spiro atoms. The third-order valence-corrected chi connectivity index (χ3v) is 2.99. The third-order valence-electron chi connectivity index (χ3n) is 2.46. The van der Waals surface area contributed by atoms with E-state index in [0.29, 0.717) is 5.56 Å². The second-order valence-corrected chi connectivity index (χ2v) is 4.74. The van der Waals surface area contributed by atoms with Gasteiger partial charge in [-0.05, 0) is 36.4 Å². The SMILES string of the molecule is O=C(NNC(=O)c1ccc[nH]c1=O)c1ccc(Br)cc1. The van der Waals surface area contributed by atoms with Crippen LogP contribution in [-0.4, -0.2) is 16.8 Å². The fourth-order valence-electron chi connectivity index (χ4n) is 1.45. The molecule has 2 amide bonds. The van der Waals surface area contributed by atoms with Gasteiger partial charge >= 0.3 is 0 Å². The van der Waals surface area contributed by atoms with E-state index in [2.05, 4.69) is 31.8 Å². The van der Waals surface area contributed by atoms with Crippen LogP contribution in [0.4, 0.5) is 0 Å². The Morgan fingerprint density at radius 2 is 1.65 bits per heavy atom. The highest BCUT2D eigenvalue weighted by Crippen LogP contribution is 2.10. The number of halogens is 1. The Morgan fingerprint density at radius 3 is 2.30 bits per heavy atom. The van der Waals surface area contributed by atoms with Crippen molar-refractivity contribution in [1.29, 1.82) is 0 Å². The minimum absolute atomic E-state index is 0.0800. The number of hydrazine groups is 1. The maximum Gasteiger partial charge on any atom is 0.275 e. The zero-order valence-electron chi connectivity index (χ0n) is 10.1. The van der Waals surface area contributed by atoms with Crippen molar-refractivity contribution in [3.8, 4) is 0 Å². The molecule has 0 unspecified atom stereocenters. The van der Waals surface area contributed by atoms with E-state index in [1.54, 1.807) is 24.3 Å². The van der Waals surface area contributed by atoms with Gasteiger partial charge in [0, 0.05) is 16.2 Å². The Balaban J connectivity index is 2.00. The van der Waals surface area contributed by atoms with Crippen LogP contribution >= 0.6 is 15.9 Å². The minimum Gasteiger partial charge on any atom is -0.328 e. The zero-order valence-corrected chi connectivity index (χ0v) is 11.7. The van der Waals surface area contributed by atoms with E-state index in [9.17, 15) is 14.4 Å². The average molecular weight is 336 g/mol. The molecule has 20 heavy (non-hydrogen) atoms. The number of hydrogen-bond donors (Lipinski definition) is 3. The Morgan fingerprint density at radius 1 is 1.00 bits per heavy atom. The Kier molecular flexibility index (Phi) is 4.31. The van der Waals surface area contributed by atoms with E-state index in [4.69, 9.17) is 0 Å². The highest BCUT2D eigenvalue weighted by Gasteiger charge is 2.11. The monoisotopic (exact) mass is 335 g/mol. The van der Waals surface area contributed by atoms with E-state index in [0.717, 1.165) is 4.47 Å². The molecular formula is C13H10BrN3O3. The number of carbonyl (C=O) groups is 2. The standard InChI is InChI=1S/C13H10BrN3O3/c14-9-5-3-8(4-6-9)11(18)16-17-13(20)10-2-1-7-15-12(10)19/h1-7H,(H,15,19)(H,16,18)(H,17,20). The summed E-state index contributed by atoms with van der Waals surface area (Å²) in [7, 11) is 0. The summed E-state index contributed by atoms with van der Waals surface area (Å²) in [6.07, 6.45) is 1.42. The van der Waals surface area contributed by atoms with Crippen LogP contribution in [0.1, 0.15) is 20.7 Å². The molecule has 102 valence electrons. The molecule has 0 bridgehead atoms. The molecule has 2 aromatic rings. The van der Waals surface area contributed by atoms with E-state index in [-0.39, 0.29) is 5.56 Å². The summed E-state index contributed by atoms with van der Waals surface area (Å²) in [5, 5.41) is 0. The van der Waals surface area contributed by atoms with Gasteiger partial charge < -0.3 is 4.98 Å². The lowest BCUT2D eigenvalue weighted by Crippen LogP contribution is -2.43. The molecule has 2 rings (SSSR count). The molecule has 0 aliphatic rings. The summed E-state index contributed by atoms with van der Waals surface area (Å²) in [5.74, 6) is -1.16. The molecule has 1 aromatic heterocycles.